The first-order chi connectivity index (χ1) is 11.6. The average molecular weight is 326 g/mol. The van der Waals surface area contributed by atoms with Crippen LogP contribution in [0.1, 0.15) is 18.0 Å². The molecule has 0 saturated carbocycles. The Bertz CT molecular complexity index is 788. The van der Waals surface area contributed by atoms with Gasteiger partial charge in [0.2, 0.25) is 0 Å². The Morgan fingerprint density at radius 3 is 2.96 bits per heavy atom. The van der Waals surface area contributed by atoms with Crippen molar-refractivity contribution in [1.82, 2.24) is 19.8 Å². The predicted molar refractivity (Wildman–Crippen MR) is 92.7 cm³/mol. The number of furan rings is 1. The summed E-state index contributed by atoms with van der Waals surface area (Å²) in [6, 6.07) is 9.71. The van der Waals surface area contributed by atoms with Gasteiger partial charge in [-0.2, -0.15) is 0 Å². The van der Waals surface area contributed by atoms with Gasteiger partial charge in [-0.15, -0.1) is 0 Å². The Labute approximate surface area is 141 Å². The summed E-state index contributed by atoms with van der Waals surface area (Å²) in [6.45, 7) is 3.89. The van der Waals surface area contributed by atoms with Crippen molar-refractivity contribution in [1.29, 1.82) is 0 Å². The van der Waals surface area contributed by atoms with E-state index < -0.39 is 0 Å². The van der Waals surface area contributed by atoms with Crippen LogP contribution < -0.4 is 5.32 Å². The van der Waals surface area contributed by atoms with E-state index in [2.05, 4.69) is 14.9 Å². The van der Waals surface area contributed by atoms with Crippen LogP contribution in [0.25, 0.3) is 11.0 Å². The SMILES string of the molecule is Cc1nccn1CCCNC(=O)N(C)Cc1cc2ccccc2o1. The molecule has 0 bridgehead atoms. The van der Waals surface area contributed by atoms with Gasteiger partial charge >= 0.3 is 6.03 Å². The number of fused-ring (bicyclic) bond motifs is 1. The lowest BCUT2D eigenvalue weighted by Gasteiger charge is -2.16. The van der Waals surface area contributed by atoms with Crippen molar-refractivity contribution in [2.75, 3.05) is 13.6 Å². The highest BCUT2D eigenvalue weighted by molar-refractivity contribution is 5.78. The minimum Gasteiger partial charge on any atom is -0.459 e. The molecule has 126 valence electrons. The van der Waals surface area contributed by atoms with Crippen LogP contribution >= 0.6 is 0 Å². The Morgan fingerprint density at radius 1 is 1.38 bits per heavy atom. The number of nitrogens with one attached hydrogen (secondary N) is 1. The Morgan fingerprint density at radius 2 is 2.21 bits per heavy atom. The Hall–Kier alpha value is -2.76. The highest BCUT2D eigenvalue weighted by Crippen LogP contribution is 2.19. The standard InChI is InChI=1S/C18H22N4O2/c1-14-19-9-11-22(14)10-5-8-20-18(23)21(2)13-16-12-15-6-3-4-7-17(15)24-16/h3-4,6-7,9,11-12H,5,8,10,13H2,1-2H3,(H,20,23). The first-order valence-corrected chi connectivity index (χ1v) is 8.07. The van der Waals surface area contributed by atoms with Gasteiger partial charge < -0.3 is 19.2 Å². The quantitative estimate of drug-likeness (QED) is 0.708. The molecular weight excluding hydrogens is 304 g/mol. The van der Waals surface area contributed by atoms with Crippen LogP contribution in [0.4, 0.5) is 4.79 Å². The number of carbonyl (C=O) groups excluding carboxylic acids is 1. The van der Waals surface area contributed by atoms with Gasteiger partial charge in [0.25, 0.3) is 0 Å². The highest BCUT2D eigenvalue weighted by Gasteiger charge is 2.11. The van der Waals surface area contributed by atoms with E-state index in [1.807, 2.05) is 43.5 Å². The number of imidazole rings is 1. The molecule has 2 aromatic heterocycles. The fourth-order valence-electron chi connectivity index (χ4n) is 2.64. The maximum absolute atomic E-state index is 12.1. The third kappa shape index (κ3) is 3.76. The van der Waals surface area contributed by atoms with E-state index in [1.54, 1.807) is 18.1 Å². The molecule has 2 amide bonds. The molecule has 0 unspecified atom stereocenters. The predicted octanol–water partition coefficient (Wildman–Crippen LogP) is 3.17. The van der Waals surface area contributed by atoms with Crippen LogP contribution in [0, 0.1) is 6.92 Å². The summed E-state index contributed by atoms with van der Waals surface area (Å²) in [4.78, 5) is 18.0. The molecule has 6 heteroatoms. The molecule has 0 saturated heterocycles. The van der Waals surface area contributed by atoms with Crippen molar-refractivity contribution in [3.63, 3.8) is 0 Å². The monoisotopic (exact) mass is 326 g/mol. The van der Waals surface area contributed by atoms with Crippen molar-refractivity contribution >= 4 is 17.0 Å². The molecule has 0 aliphatic heterocycles. The molecule has 0 aliphatic carbocycles. The van der Waals surface area contributed by atoms with Gasteiger partial charge in [0.1, 0.15) is 17.2 Å². The van der Waals surface area contributed by atoms with Gasteiger partial charge in [-0.05, 0) is 25.5 Å². The summed E-state index contributed by atoms with van der Waals surface area (Å²) >= 11 is 0. The molecule has 0 spiro atoms. The number of aromatic nitrogens is 2. The molecule has 3 aromatic rings. The van der Waals surface area contributed by atoms with E-state index in [9.17, 15) is 4.79 Å². The third-order valence-corrected chi connectivity index (χ3v) is 3.99. The summed E-state index contributed by atoms with van der Waals surface area (Å²) in [7, 11) is 1.77. The second-order valence-corrected chi connectivity index (χ2v) is 5.86. The summed E-state index contributed by atoms with van der Waals surface area (Å²) in [5.41, 5.74) is 0.844. The average Bonchev–Trinajstić information content (AvgIpc) is 3.16. The molecular formula is C18H22N4O2. The fourth-order valence-corrected chi connectivity index (χ4v) is 2.64. The molecule has 6 nitrogen and oxygen atoms in total. The number of aryl methyl sites for hydroxylation is 2. The van der Waals surface area contributed by atoms with Crippen molar-refractivity contribution in [3.05, 3.63) is 54.3 Å². The van der Waals surface area contributed by atoms with Gasteiger partial charge in [-0.25, -0.2) is 9.78 Å². The van der Waals surface area contributed by atoms with Gasteiger partial charge in [-0.3, -0.25) is 0 Å². The number of amides is 2. The van der Waals surface area contributed by atoms with Crippen LogP contribution in [-0.4, -0.2) is 34.1 Å². The van der Waals surface area contributed by atoms with E-state index in [-0.39, 0.29) is 6.03 Å². The molecule has 1 N–H and O–H groups in total. The lowest BCUT2D eigenvalue weighted by molar-refractivity contribution is 0.203. The maximum Gasteiger partial charge on any atom is 0.317 e. The van der Waals surface area contributed by atoms with Gasteiger partial charge in [0, 0.05) is 37.9 Å². The van der Waals surface area contributed by atoms with Crippen LogP contribution in [0.15, 0.2) is 47.1 Å². The number of para-hydroxylation sites is 1. The van der Waals surface area contributed by atoms with Crippen molar-refractivity contribution in [2.45, 2.75) is 26.4 Å². The second-order valence-electron chi connectivity index (χ2n) is 5.86. The summed E-state index contributed by atoms with van der Waals surface area (Å²) < 4.78 is 7.82. The van der Waals surface area contributed by atoms with Crippen molar-refractivity contribution in [3.8, 4) is 0 Å². The molecule has 2 heterocycles. The van der Waals surface area contributed by atoms with E-state index in [1.165, 1.54) is 0 Å². The molecule has 0 radical (unpaired) electrons. The van der Waals surface area contributed by atoms with Crippen LogP contribution in [0.2, 0.25) is 0 Å². The minimum atomic E-state index is -0.0993. The smallest absolute Gasteiger partial charge is 0.317 e. The van der Waals surface area contributed by atoms with Crippen LogP contribution in [-0.2, 0) is 13.1 Å². The number of urea groups is 1. The Balaban J connectivity index is 1.45. The number of benzene rings is 1. The zero-order valence-electron chi connectivity index (χ0n) is 14.0. The number of nitrogens with zero attached hydrogens (tertiary/aromatic N) is 3. The molecule has 3 rings (SSSR count). The van der Waals surface area contributed by atoms with E-state index >= 15 is 0 Å². The van der Waals surface area contributed by atoms with Crippen LogP contribution in [0.3, 0.4) is 0 Å². The Kier molecular flexibility index (Phi) is 4.84. The van der Waals surface area contributed by atoms with Crippen LogP contribution in [0.5, 0.6) is 0 Å². The van der Waals surface area contributed by atoms with E-state index in [4.69, 9.17) is 4.42 Å². The van der Waals surface area contributed by atoms with Crippen molar-refractivity contribution in [2.24, 2.45) is 0 Å². The highest BCUT2D eigenvalue weighted by atomic mass is 16.3. The molecule has 1 aromatic carbocycles. The summed E-state index contributed by atoms with van der Waals surface area (Å²) in [5.74, 6) is 1.77. The summed E-state index contributed by atoms with van der Waals surface area (Å²) in [5, 5.41) is 3.98. The normalized spacial score (nSPS) is 10.9. The number of carbonyl (C=O) groups is 1. The lowest BCUT2D eigenvalue weighted by Crippen LogP contribution is -2.37. The molecule has 0 atom stereocenters. The zero-order chi connectivity index (χ0) is 16.9. The molecule has 24 heavy (non-hydrogen) atoms. The molecule has 0 fully saturated rings. The van der Waals surface area contributed by atoms with Gasteiger partial charge in [0.05, 0.1) is 6.54 Å². The van der Waals surface area contributed by atoms with Gasteiger partial charge in [-0.1, -0.05) is 18.2 Å². The third-order valence-electron chi connectivity index (χ3n) is 3.99. The maximum atomic E-state index is 12.1. The topological polar surface area (TPSA) is 63.3 Å². The largest absolute Gasteiger partial charge is 0.459 e. The van der Waals surface area contributed by atoms with Gasteiger partial charge in [0.15, 0.2) is 0 Å². The second kappa shape index (κ2) is 7.21. The number of hydrogen-bond donors (Lipinski definition) is 1. The first-order valence-electron chi connectivity index (χ1n) is 8.07. The fraction of sp³-hybridized carbons (Fsp3) is 0.333. The van der Waals surface area contributed by atoms with E-state index in [0.29, 0.717) is 13.1 Å². The molecule has 0 aliphatic rings. The van der Waals surface area contributed by atoms with E-state index in [0.717, 1.165) is 35.5 Å². The zero-order valence-corrected chi connectivity index (χ0v) is 14.0. The van der Waals surface area contributed by atoms with Crippen molar-refractivity contribution < 1.29 is 9.21 Å². The number of hydrogen-bond acceptors (Lipinski definition) is 3. The lowest BCUT2D eigenvalue weighted by atomic mass is 10.2. The summed E-state index contributed by atoms with van der Waals surface area (Å²) in [6.07, 6.45) is 4.60. The minimum absolute atomic E-state index is 0.0993. The first kappa shape index (κ1) is 16.1. The number of rotatable bonds is 6.